The standard InChI is InChI=1S/C15H10BrCl2N3O4S/c16-12-6-19-14(15(20-12)25-8-9-4-5-24-7-9)21-26(22,23)11-3-1-2-10(17)13(11)18/h1-7H,8H2,(H,19,21). The van der Waals surface area contributed by atoms with Crippen molar-refractivity contribution in [2.24, 2.45) is 0 Å². The summed E-state index contributed by atoms with van der Waals surface area (Å²) >= 11 is 15.1. The number of benzene rings is 1. The van der Waals surface area contributed by atoms with Crippen LogP contribution in [0.15, 0.2) is 56.9 Å². The van der Waals surface area contributed by atoms with Gasteiger partial charge in [0.05, 0.1) is 28.8 Å². The monoisotopic (exact) mass is 477 g/mol. The number of aromatic nitrogens is 2. The molecule has 11 heteroatoms. The Balaban J connectivity index is 1.90. The molecule has 1 N–H and O–H groups in total. The molecule has 7 nitrogen and oxygen atoms in total. The van der Waals surface area contributed by atoms with Gasteiger partial charge in [0.1, 0.15) is 16.1 Å². The van der Waals surface area contributed by atoms with Gasteiger partial charge in [-0.05, 0) is 34.1 Å². The van der Waals surface area contributed by atoms with Crippen LogP contribution in [0.5, 0.6) is 5.88 Å². The Morgan fingerprint density at radius 2 is 2.08 bits per heavy atom. The van der Waals surface area contributed by atoms with Gasteiger partial charge in [-0.15, -0.1) is 0 Å². The molecule has 0 unspecified atom stereocenters. The molecular formula is C15H10BrCl2N3O4S. The molecule has 0 aliphatic rings. The zero-order chi connectivity index (χ0) is 18.7. The lowest BCUT2D eigenvalue weighted by molar-refractivity contribution is 0.292. The van der Waals surface area contributed by atoms with Gasteiger partial charge in [-0.25, -0.2) is 18.4 Å². The second-order valence-corrected chi connectivity index (χ2v) is 8.17. The second-order valence-electron chi connectivity index (χ2n) is 4.92. The number of hydrogen-bond donors (Lipinski definition) is 1. The maximum Gasteiger partial charge on any atom is 0.264 e. The molecule has 3 rings (SSSR count). The first kappa shape index (κ1) is 19.0. The number of furan rings is 1. The van der Waals surface area contributed by atoms with Crippen LogP contribution in [0.1, 0.15) is 5.56 Å². The summed E-state index contributed by atoms with van der Waals surface area (Å²) in [7, 11) is -4.06. The molecule has 0 atom stereocenters. The van der Waals surface area contributed by atoms with Crippen LogP contribution in [-0.4, -0.2) is 18.4 Å². The van der Waals surface area contributed by atoms with E-state index in [1.807, 2.05) is 0 Å². The summed E-state index contributed by atoms with van der Waals surface area (Å²) in [6.07, 6.45) is 4.33. The average Bonchev–Trinajstić information content (AvgIpc) is 3.10. The van der Waals surface area contributed by atoms with E-state index in [4.69, 9.17) is 32.4 Å². The molecule has 0 saturated carbocycles. The molecule has 1 aromatic carbocycles. The van der Waals surface area contributed by atoms with E-state index in [1.165, 1.54) is 36.9 Å². The third kappa shape index (κ3) is 4.29. The van der Waals surface area contributed by atoms with E-state index in [-0.39, 0.29) is 33.2 Å². The first-order valence-electron chi connectivity index (χ1n) is 7.00. The third-order valence-corrected chi connectivity index (χ3v) is 5.80. The molecule has 2 aromatic heterocycles. The van der Waals surface area contributed by atoms with Crippen molar-refractivity contribution in [2.75, 3.05) is 4.72 Å². The Morgan fingerprint density at radius 1 is 1.27 bits per heavy atom. The van der Waals surface area contributed by atoms with Crippen LogP contribution in [0.2, 0.25) is 10.0 Å². The molecular weight excluding hydrogens is 469 g/mol. The normalized spacial score (nSPS) is 11.3. The predicted molar refractivity (Wildman–Crippen MR) is 100 cm³/mol. The van der Waals surface area contributed by atoms with E-state index in [0.29, 0.717) is 4.60 Å². The van der Waals surface area contributed by atoms with Gasteiger partial charge in [-0.3, -0.25) is 4.72 Å². The highest BCUT2D eigenvalue weighted by Crippen LogP contribution is 2.31. The fourth-order valence-electron chi connectivity index (χ4n) is 1.92. The smallest absolute Gasteiger partial charge is 0.264 e. The van der Waals surface area contributed by atoms with E-state index in [9.17, 15) is 8.42 Å². The zero-order valence-electron chi connectivity index (χ0n) is 12.8. The fraction of sp³-hybridized carbons (Fsp3) is 0.0667. The minimum atomic E-state index is -4.06. The summed E-state index contributed by atoms with van der Waals surface area (Å²) in [4.78, 5) is 7.94. The summed E-state index contributed by atoms with van der Waals surface area (Å²) in [6, 6.07) is 6.00. The van der Waals surface area contributed by atoms with Crippen LogP contribution >= 0.6 is 39.1 Å². The van der Waals surface area contributed by atoms with E-state index in [0.717, 1.165) is 5.56 Å². The molecule has 0 saturated heterocycles. The van der Waals surface area contributed by atoms with E-state index < -0.39 is 10.0 Å². The van der Waals surface area contributed by atoms with Crippen LogP contribution < -0.4 is 9.46 Å². The van der Waals surface area contributed by atoms with Gasteiger partial charge in [0.25, 0.3) is 15.9 Å². The van der Waals surface area contributed by atoms with Crippen molar-refractivity contribution >= 4 is 55.0 Å². The third-order valence-electron chi connectivity index (χ3n) is 3.10. The molecule has 3 aromatic rings. The Kier molecular flexibility index (Phi) is 5.71. The average molecular weight is 479 g/mol. The van der Waals surface area contributed by atoms with Crippen molar-refractivity contribution in [2.45, 2.75) is 11.5 Å². The lowest BCUT2D eigenvalue weighted by Crippen LogP contribution is -2.16. The molecule has 0 fully saturated rings. The van der Waals surface area contributed by atoms with Crippen LogP contribution in [0.4, 0.5) is 5.82 Å². The molecule has 0 radical (unpaired) electrons. The number of hydrogen-bond acceptors (Lipinski definition) is 6. The summed E-state index contributed by atoms with van der Waals surface area (Å²) in [5.41, 5.74) is 0.749. The largest absolute Gasteiger partial charge is 0.472 e. The van der Waals surface area contributed by atoms with Crippen molar-refractivity contribution in [3.8, 4) is 5.88 Å². The van der Waals surface area contributed by atoms with Gasteiger partial charge in [0.15, 0.2) is 0 Å². The Labute approximate surface area is 167 Å². The first-order chi connectivity index (χ1) is 12.4. The number of rotatable bonds is 6. The van der Waals surface area contributed by atoms with Gasteiger partial charge in [0.2, 0.25) is 5.82 Å². The van der Waals surface area contributed by atoms with Gasteiger partial charge in [0, 0.05) is 5.56 Å². The van der Waals surface area contributed by atoms with Crippen LogP contribution in [-0.2, 0) is 16.6 Å². The summed E-state index contributed by atoms with van der Waals surface area (Å²) in [6.45, 7) is 0.119. The first-order valence-corrected chi connectivity index (χ1v) is 10.0. The second kappa shape index (κ2) is 7.83. The molecule has 0 spiro atoms. The SMILES string of the molecule is O=S(=O)(Nc1ncc(Br)nc1OCc1ccoc1)c1cccc(Cl)c1Cl. The van der Waals surface area contributed by atoms with Gasteiger partial charge < -0.3 is 9.15 Å². The van der Waals surface area contributed by atoms with E-state index in [2.05, 4.69) is 30.6 Å². The number of sulfonamides is 1. The lowest BCUT2D eigenvalue weighted by Gasteiger charge is -2.12. The number of halogens is 3. The molecule has 0 amide bonds. The van der Waals surface area contributed by atoms with Crippen molar-refractivity contribution < 1.29 is 17.6 Å². The molecule has 136 valence electrons. The fourth-order valence-corrected chi connectivity index (χ4v) is 3.96. The zero-order valence-corrected chi connectivity index (χ0v) is 16.7. The maximum atomic E-state index is 12.6. The summed E-state index contributed by atoms with van der Waals surface area (Å²) < 4.78 is 38.5. The highest BCUT2D eigenvalue weighted by molar-refractivity contribution is 9.10. The van der Waals surface area contributed by atoms with Crippen LogP contribution in [0, 0.1) is 0 Å². The van der Waals surface area contributed by atoms with Crippen LogP contribution in [0.25, 0.3) is 0 Å². The highest BCUT2D eigenvalue weighted by atomic mass is 79.9. The Morgan fingerprint density at radius 3 is 2.81 bits per heavy atom. The van der Waals surface area contributed by atoms with Gasteiger partial charge in [-0.1, -0.05) is 29.3 Å². The Bertz CT molecular complexity index is 1030. The quantitative estimate of drug-likeness (QED) is 0.559. The van der Waals surface area contributed by atoms with E-state index >= 15 is 0 Å². The van der Waals surface area contributed by atoms with Gasteiger partial charge >= 0.3 is 0 Å². The maximum absolute atomic E-state index is 12.6. The highest BCUT2D eigenvalue weighted by Gasteiger charge is 2.23. The summed E-state index contributed by atoms with van der Waals surface area (Å²) in [5, 5.41) is 0.0282. The molecule has 0 bridgehead atoms. The molecule has 26 heavy (non-hydrogen) atoms. The topological polar surface area (TPSA) is 94.3 Å². The number of nitrogens with one attached hydrogen (secondary N) is 1. The minimum absolute atomic E-state index is 0.0118. The molecule has 0 aliphatic carbocycles. The van der Waals surface area contributed by atoms with Crippen molar-refractivity contribution in [1.82, 2.24) is 9.97 Å². The van der Waals surface area contributed by atoms with Crippen molar-refractivity contribution in [3.05, 3.63) is 63.2 Å². The van der Waals surface area contributed by atoms with Crippen LogP contribution in [0.3, 0.4) is 0 Å². The molecule has 2 heterocycles. The number of nitrogens with zero attached hydrogens (tertiary/aromatic N) is 2. The van der Waals surface area contributed by atoms with E-state index in [1.54, 1.807) is 6.07 Å². The lowest BCUT2D eigenvalue weighted by atomic mass is 10.4. The van der Waals surface area contributed by atoms with Crippen molar-refractivity contribution in [3.63, 3.8) is 0 Å². The minimum Gasteiger partial charge on any atom is -0.472 e. The summed E-state index contributed by atoms with van der Waals surface area (Å²) in [5.74, 6) is -0.102. The van der Waals surface area contributed by atoms with Crippen molar-refractivity contribution in [1.29, 1.82) is 0 Å². The molecule has 0 aliphatic heterocycles. The Hall–Kier alpha value is -1.81. The predicted octanol–water partition coefficient (Wildman–Crippen LogP) is 4.52. The number of ether oxygens (including phenoxy) is 1. The number of anilines is 1. The van der Waals surface area contributed by atoms with Gasteiger partial charge in [-0.2, -0.15) is 0 Å².